The Hall–Kier alpha value is -1.51. The van der Waals surface area contributed by atoms with Crippen molar-refractivity contribution in [3.8, 4) is 5.75 Å². The van der Waals surface area contributed by atoms with Crippen LogP contribution in [0.3, 0.4) is 0 Å². The van der Waals surface area contributed by atoms with Crippen molar-refractivity contribution in [2.75, 3.05) is 6.61 Å². The minimum Gasteiger partial charge on any atom is -0.434 e. The van der Waals surface area contributed by atoms with Crippen LogP contribution >= 0.6 is 0 Å². The van der Waals surface area contributed by atoms with Crippen LogP contribution in [0.25, 0.3) is 0 Å². The summed E-state index contributed by atoms with van der Waals surface area (Å²) in [7, 11) is 0. The van der Waals surface area contributed by atoms with Crippen molar-refractivity contribution < 1.29 is 14.3 Å². The van der Waals surface area contributed by atoms with E-state index in [1.807, 2.05) is 26.0 Å². The fourth-order valence-corrected chi connectivity index (χ4v) is 1.06. The second kappa shape index (κ2) is 6.16. The van der Waals surface area contributed by atoms with Crippen molar-refractivity contribution >= 4 is 6.16 Å². The molecule has 0 aliphatic heterocycles. The van der Waals surface area contributed by atoms with Crippen LogP contribution in [0.2, 0.25) is 0 Å². The van der Waals surface area contributed by atoms with Gasteiger partial charge in [-0.3, -0.25) is 0 Å². The molecule has 0 N–H and O–H groups in total. The molecule has 1 atom stereocenters. The summed E-state index contributed by atoms with van der Waals surface area (Å²) in [6.45, 7) is 6.46. The van der Waals surface area contributed by atoms with Gasteiger partial charge in [0.25, 0.3) is 0 Å². The Balaban J connectivity index is 2.37. The Morgan fingerprint density at radius 3 is 2.50 bits per heavy atom. The van der Waals surface area contributed by atoms with Gasteiger partial charge in [0, 0.05) is 0 Å². The van der Waals surface area contributed by atoms with Gasteiger partial charge in [-0.2, -0.15) is 0 Å². The van der Waals surface area contributed by atoms with Crippen LogP contribution in [0, 0.1) is 12.8 Å². The van der Waals surface area contributed by atoms with E-state index in [1.54, 1.807) is 12.1 Å². The molecule has 88 valence electrons. The first kappa shape index (κ1) is 12.6. The molecule has 0 bridgehead atoms. The molecule has 0 radical (unpaired) electrons. The van der Waals surface area contributed by atoms with E-state index in [-0.39, 0.29) is 0 Å². The van der Waals surface area contributed by atoms with Crippen molar-refractivity contribution in [2.24, 2.45) is 5.92 Å². The molecule has 1 unspecified atom stereocenters. The second-order valence-electron chi connectivity index (χ2n) is 3.99. The summed E-state index contributed by atoms with van der Waals surface area (Å²) >= 11 is 0. The van der Waals surface area contributed by atoms with Gasteiger partial charge in [-0.05, 0) is 25.0 Å². The van der Waals surface area contributed by atoms with Gasteiger partial charge in [0.15, 0.2) is 0 Å². The Labute approximate surface area is 96.4 Å². The summed E-state index contributed by atoms with van der Waals surface area (Å²) in [5.74, 6) is 0.880. The van der Waals surface area contributed by atoms with E-state index in [9.17, 15) is 4.79 Å². The van der Waals surface area contributed by atoms with Crippen molar-refractivity contribution in [1.82, 2.24) is 0 Å². The molecule has 0 spiro atoms. The molecule has 0 amide bonds. The minimum absolute atomic E-state index is 0.366. The summed E-state index contributed by atoms with van der Waals surface area (Å²) in [6.07, 6.45) is 0.349. The summed E-state index contributed by atoms with van der Waals surface area (Å²) < 4.78 is 9.97. The van der Waals surface area contributed by atoms with E-state index >= 15 is 0 Å². The maximum absolute atomic E-state index is 11.3. The van der Waals surface area contributed by atoms with Crippen LogP contribution in [0.15, 0.2) is 24.3 Å². The van der Waals surface area contributed by atoms with E-state index in [2.05, 4.69) is 6.92 Å². The number of ether oxygens (including phenoxy) is 2. The molecule has 0 aliphatic carbocycles. The predicted molar refractivity (Wildman–Crippen MR) is 62.6 cm³/mol. The van der Waals surface area contributed by atoms with Crippen LogP contribution in [-0.4, -0.2) is 12.8 Å². The molecule has 16 heavy (non-hydrogen) atoms. The third kappa shape index (κ3) is 4.34. The largest absolute Gasteiger partial charge is 0.513 e. The third-order valence-electron chi connectivity index (χ3n) is 2.40. The number of benzene rings is 1. The van der Waals surface area contributed by atoms with Gasteiger partial charge in [-0.15, -0.1) is 0 Å². The number of carbonyl (C=O) groups excluding carboxylic acids is 1. The molecule has 0 saturated heterocycles. The van der Waals surface area contributed by atoms with Gasteiger partial charge >= 0.3 is 6.16 Å². The number of aryl methyl sites for hydroxylation is 1. The van der Waals surface area contributed by atoms with Gasteiger partial charge < -0.3 is 9.47 Å². The molecule has 0 heterocycles. The monoisotopic (exact) mass is 222 g/mol. The lowest BCUT2D eigenvalue weighted by Gasteiger charge is -2.09. The van der Waals surface area contributed by atoms with Gasteiger partial charge in [-0.25, -0.2) is 4.79 Å². The zero-order valence-electron chi connectivity index (χ0n) is 10.0. The highest BCUT2D eigenvalue weighted by Crippen LogP contribution is 2.12. The van der Waals surface area contributed by atoms with Crippen molar-refractivity contribution in [3.05, 3.63) is 29.8 Å². The zero-order valence-corrected chi connectivity index (χ0v) is 10.0. The maximum Gasteiger partial charge on any atom is 0.513 e. The Morgan fingerprint density at radius 2 is 1.94 bits per heavy atom. The summed E-state index contributed by atoms with van der Waals surface area (Å²) in [4.78, 5) is 11.3. The average Bonchev–Trinajstić information content (AvgIpc) is 2.29. The highest BCUT2D eigenvalue weighted by molar-refractivity contribution is 5.63. The molecule has 0 aromatic heterocycles. The first-order chi connectivity index (χ1) is 7.61. The number of hydrogen-bond acceptors (Lipinski definition) is 3. The van der Waals surface area contributed by atoms with E-state index < -0.39 is 6.16 Å². The number of carbonyl (C=O) groups is 1. The summed E-state index contributed by atoms with van der Waals surface area (Å²) in [6, 6.07) is 7.27. The maximum atomic E-state index is 11.3. The molecular weight excluding hydrogens is 204 g/mol. The lowest BCUT2D eigenvalue weighted by atomic mass is 10.1. The summed E-state index contributed by atoms with van der Waals surface area (Å²) in [5.41, 5.74) is 1.13. The Kier molecular flexibility index (Phi) is 4.83. The molecule has 0 aliphatic rings. The van der Waals surface area contributed by atoms with E-state index in [1.165, 1.54) is 0 Å². The van der Waals surface area contributed by atoms with Crippen LogP contribution in [-0.2, 0) is 4.74 Å². The standard InChI is InChI=1S/C13H18O3/c1-4-10(2)9-15-13(14)16-12-7-5-11(3)6-8-12/h5-8,10H,4,9H2,1-3H3. The zero-order chi connectivity index (χ0) is 12.0. The minimum atomic E-state index is -0.635. The van der Waals surface area contributed by atoms with Crippen LogP contribution < -0.4 is 4.74 Å². The van der Waals surface area contributed by atoms with Crippen molar-refractivity contribution in [1.29, 1.82) is 0 Å². The number of rotatable bonds is 4. The van der Waals surface area contributed by atoms with Gasteiger partial charge in [0.1, 0.15) is 5.75 Å². The van der Waals surface area contributed by atoms with Crippen molar-refractivity contribution in [3.63, 3.8) is 0 Å². The van der Waals surface area contributed by atoms with E-state index in [0.717, 1.165) is 12.0 Å². The lowest BCUT2D eigenvalue weighted by molar-refractivity contribution is 0.0857. The highest BCUT2D eigenvalue weighted by Gasteiger charge is 2.07. The normalized spacial score (nSPS) is 11.9. The van der Waals surface area contributed by atoms with Crippen molar-refractivity contribution in [2.45, 2.75) is 27.2 Å². The highest BCUT2D eigenvalue weighted by atomic mass is 16.7. The summed E-state index contributed by atoms with van der Waals surface area (Å²) in [5, 5.41) is 0. The molecular formula is C13H18O3. The van der Waals surface area contributed by atoms with Gasteiger partial charge in [0.2, 0.25) is 0 Å². The van der Waals surface area contributed by atoms with E-state index in [0.29, 0.717) is 18.3 Å². The first-order valence-electron chi connectivity index (χ1n) is 5.53. The van der Waals surface area contributed by atoms with Crippen LogP contribution in [0.5, 0.6) is 5.75 Å². The van der Waals surface area contributed by atoms with Crippen LogP contribution in [0.4, 0.5) is 4.79 Å². The predicted octanol–water partition coefficient (Wildman–Crippen LogP) is 3.56. The van der Waals surface area contributed by atoms with Gasteiger partial charge in [0.05, 0.1) is 6.61 Å². The topological polar surface area (TPSA) is 35.5 Å². The van der Waals surface area contributed by atoms with Crippen LogP contribution in [0.1, 0.15) is 25.8 Å². The SMILES string of the molecule is CCC(C)COC(=O)Oc1ccc(C)cc1. The quantitative estimate of drug-likeness (QED) is 0.577. The first-order valence-corrected chi connectivity index (χ1v) is 5.53. The third-order valence-corrected chi connectivity index (χ3v) is 2.40. The molecule has 3 nitrogen and oxygen atoms in total. The Morgan fingerprint density at radius 1 is 1.31 bits per heavy atom. The second-order valence-corrected chi connectivity index (χ2v) is 3.99. The smallest absolute Gasteiger partial charge is 0.434 e. The number of hydrogen-bond donors (Lipinski definition) is 0. The molecule has 3 heteroatoms. The molecule has 1 rings (SSSR count). The fraction of sp³-hybridized carbons (Fsp3) is 0.462. The molecule has 0 saturated carbocycles. The molecule has 0 fully saturated rings. The van der Waals surface area contributed by atoms with E-state index in [4.69, 9.17) is 9.47 Å². The molecule has 1 aromatic carbocycles. The lowest BCUT2D eigenvalue weighted by Crippen LogP contribution is -2.15. The van der Waals surface area contributed by atoms with Gasteiger partial charge in [-0.1, -0.05) is 38.0 Å². The Bertz CT molecular complexity index is 330. The average molecular weight is 222 g/mol. The fourth-order valence-electron chi connectivity index (χ4n) is 1.06. The molecule has 1 aromatic rings.